The molecule has 1 aromatic rings. The minimum atomic E-state index is -0.928. The summed E-state index contributed by atoms with van der Waals surface area (Å²) in [6.45, 7) is 2.62. The highest BCUT2D eigenvalue weighted by Gasteiger charge is 2.39. The Morgan fingerprint density at radius 2 is 2.00 bits per heavy atom. The van der Waals surface area contributed by atoms with Gasteiger partial charge in [0.15, 0.2) is 0 Å². The molecule has 2 amide bonds. The summed E-state index contributed by atoms with van der Waals surface area (Å²) in [7, 11) is 0. The first-order valence-corrected chi connectivity index (χ1v) is 8.61. The molecule has 3 rings (SSSR count). The molecule has 3 N–H and O–H groups in total. The Morgan fingerprint density at radius 1 is 1.29 bits per heavy atom. The van der Waals surface area contributed by atoms with E-state index in [1.165, 1.54) is 12.8 Å². The average Bonchev–Trinajstić information content (AvgIpc) is 3.36. The zero-order chi connectivity index (χ0) is 17.1. The van der Waals surface area contributed by atoms with Gasteiger partial charge in [-0.2, -0.15) is 0 Å². The molecule has 6 heteroatoms. The van der Waals surface area contributed by atoms with Crippen LogP contribution in [0.15, 0.2) is 30.3 Å². The fraction of sp³-hybridized carbons (Fsp3) is 0.556. The van der Waals surface area contributed by atoms with Crippen LogP contribution in [0.5, 0.6) is 0 Å². The Bertz CT molecular complexity index is 588. The lowest BCUT2D eigenvalue weighted by Gasteiger charge is -2.21. The molecule has 2 aliphatic rings. The Kier molecular flexibility index (Phi) is 5.16. The molecule has 1 aromatic carbocycles. The van der Waals surface area contributed by atoms with E-state index in [1.54, 1.807) is 24.3 Å². The lowest BCUT2D eigenvalue weighted by molar-refractivity contribution is -0.124. The zero-order valence-electron chi connectivity index (χ0n) is 13.9. The lowest BCUT2D eigenvalue weighted by Crippen LogP contribution is -2.52. The van der Waals surface area contributed by atoms with Crippen LogP contribution in [-0.2, 0) is 4.79 Å². The Labute approximate surface area is 142 Å². The molecule has 3 atom stereocenters. The maximum atomic E-state index is 12.4. The van der Waals surface area contributed by atoms with E-state index in [1.807, 2.05) is 6.07 Å². The van der Waals surface area contributed by atoms with Crippen molar-refractivity contribution in [2.45, 2.75) is 50.4 Å². The summed E-state index contributed by atoms with van der Waals surface area (Å²) in [6.07, 6.45) is 3.40. The van der Waals surface area contributed by atoms with E-state index in [2.05, 4.69) is 22.5 Å². The van der Waals surface area contributed by atoms with Gasteiger partial charge in [0.05, 0.1) is 6.61 Å². The molecule has 0 spiro atoms. The molecule has 130 valence electrons. The number of aliphatic hydroxyl groups is 1. The van der Waals surface area contributed by atoms with Gasteiger partial charge < -0.3 is 15.7 Å². The second kappa shape index (κ2) is 7.32. The van der Waals surface area contributed by atoms with Crippen molar-refractivity contribution in [3.8, 4) is 0 Å². The molecule has 6 nitrogen and oxygen atoms in total. The highest BCUT2D eigenvalue weighted by atomic mass is 16.3. The summed E-state index contributed by atoms with van der Waals surface area (Å²) in [5.41, 5.74) is 0.471. The van der Waals surface area contributed by atoms with Crippen molar-refractivity contribution in [2.75, 3.05) is 13.2 Å². The Balaban J connectivity index is 1.53. The van der Waals surface area contributed by atoms with Crippen LogP contribution < -0.4 is 10.6 Å². The van der Waals surface area contributed by atoms with Crippen LogP contribution in [0.2, 0.25) is 0 Å². The molecular weight excluding hydrogens is 306 g/mol. The first-order chi connectivity index (χ1) is 11.6. The molecule has 0 bridgehead atoms. The number of likely N-dealkylation sites (tertiary alicyclic amines) is 1. The monoisotopic (exact) mass is 331 g/mol. The van der Waals surface area contributed by atoms with E-state index in [0.717, 1.165) is 13.0 Å². The Hall–Kier alpha value is -1.92. The van der Waals surface area contributed by atoms with Gasteiger partial charge >= 0.3 is 0 Å². The van der Waals surface area contributed by atoms with Crippen LogP contribution in [0.25, 0.3) is 0 Å². The SMILES string of the molecule is C[C@@H]1C[C@@H](NC(=O)[C@H](CO)NC(=O)c2ccccc2)CN1C1CC1. The van der Waals surface area contributed by atoms with Crippen molar-refractivity contribution in [1.29, 1.82) is 0 Å². The maximum absolute atomic E-state index is 12.4. The smallest absolute Gasteiger partial charge is 0.251 e. The third kappa shape index (κ3) is 3.94. The van der Waals surface area contributed by atoms with Crippen LogP contribution in [0.3, 0.4) is 0 Å². The molecular formula is C18H25N3O3. The molecule has 1 saturated heterocycles. The predicted octanol–water partition coefficient (Wildman–Crippen LogP) is 0.519. The second-order valence-corrected chi connectivity index (χ2v) is 6.79. The van der Waals surface area contributed by atoms with E-state index in [-0.39, 0.29) is 17.9 Å². The standard InChI is InChI=1S/C18H25N3O3/c1-12-9-14(10-21(12)15-7-8-15)19-18(24)16(11-22)20-17(23)13-5-3-2-4-6-13/h2-6,12,14-16,22H,7-11H2,1H3,(H,19,24)(H,20,23)/t12-,14-,16+/m1/s1. The number of amides is 2. The van der Waals surface area contributed by atoms with Crippen LogP contribution in [-0.4, -0.2) is 59.1 Å². The molecule has 0 unspecified atom stereocenters. The van der Waals surface area contributed by atoms with Gasteiger partial charge in [0, 0.05) is 30.2 Å². The van der Waals surface area contributed by atoms with Gasteiger partial charge in [-0.05, 0) is 38.3 Å². The molecule has 2 fully saturated rings. The number of nitrogens with one attached hydrogen (secondary N) is 2. The molecule has 0 radical (unpaired) electrons. The maximum Gasteiger partial charge on any atom is 0.251 e. The van der Waals surface area contributed by atoms with Crippen LogP contribution in [0.4, 0.5) is 0 Å². The van der Waals surface area contributed by atoms with Crippen molar-refractivity contribution in [3.63, 3.8) is 0 Å². The summed E-state index contributed by atoms with van der Waals surface area (Å²) in [5, 5.41) is 15.1. The van der Waals surface area contributed by atoms with Crippen LogP contribution in [0, 0.1) is 0 Å². The molecule has 1 aliphatic heterocycles. The van der Waals surface area contributed by atoms with Crippen LogP contribution >= 0.6 is 0 Å². The highest BCUT2D eigenvalue weighted by Crippen LogP contribution is 2.33. The molecule has 1 heterocycles. The number of benzene rings is 1. The van der Waals surface area contributed by atoms with E-state index in [4.69, 9.17) is 0 Å². The second-order valence-electron chi connectivity index (χ2n) is 6.79. The summed E-state index contributed by atoms with van der Waals surface area (Å²) in [4.78, 5) is 27.0. The van der Waals surface area contributed by atoms with Crippen molar-refractivity contribution in [1.82, 2.24) is 15.5 Å². The normalized spacial score (nSPS) is 25.2. The summed E-state index contributed by atoms with van der Waals surface area (Å²) < 4.78 is 0. The Morgan fingerprint density at radius 3 is 2.62 bits per heavy atom. The van der Waals surface area contributed by atoms with Crippen molar-refractivity contribution >= 4 is 11.8 Å². The van der Waals surface area contributed by atoms with E-state index in [0.29, 0.717) is 17.6 Å². The summed E-state index contributed by atoms with van der Waals surface area (Å²) in [5.74, 6) is -0.680. The number of hydrogen-bond acceptors (Lipinski definition) is 4. The minimum absolute atomic E-state index is 0.0794. The van der Waals surface area contributed by atoms with Gasteiger partial charge in [-0.15, -0.1) is 0 Å². The van der Waals surface area contributed by atoms with Gasteiger partial charge in [0.1, 0.15) is 6.04 Å². The van der Waals surface area contributed by atoms with E-state index >= 15 is 0 Å². The third-order valence-electron chi connectivity index (χ3n) is 4.83. The molecule has 1 saturated carbocycles. The quantitative estimate of drug-likeness (QED) is 0.710. The fourth-order valence-electron chi connectivity index (χ4n) is 3.40. The van der Waals surface area contributed by atoms with E-state index in [9.17, 15) is 14.7 Å². The number of hydrogen-bond donors (Lipinski definition) is 3. The highest BCUT2D eigenvalue weighted by molar-refractivity contribution is 5.97. The topological polar surface area (TPSA) is 81.7 Å². The number of aliphatic hydroxyl groups excluding tert-OH is 1. The molecule has 0 aromatic heterocycles. The van der Waals surface area contributed by atoms with Gasteiger partial charge in [0.25, 0.3) is 5.91 Å². The number of carbonyl (C=O) groups excluding carboxylic acids is 2. The zero-order valence-corrected chi connectivity index (χ0v) is 13.9. The van der Waals surface area contributed by atoms with Gasteiger partial charge in [-0.3, -0.25) is 14.5 Å². The van der Waals surface area contributed by atoms with Gasteiger partial charge in [-0.25, -0.2) is 0 Å². The first kappa shape index (κ1) is 16.9. The van der Waals surface area contributed by atoms with Gasteiger partial charge in [-0.1, -0.05) is 18.2 Å². The summed E-state index contributed by atoms with van der Waals surface area (Å²) >= 11 is 0. The number of carbonyl (C=O) groups is 2. The largest absolute Gasteiger partial charge is 0.394 e. The van der Waals surface area contributed by atoms with Crippen LogP contribution in [0.1, 0.15) is 36.5 Å². The third-order valence-corrected chi connectivity index (χ3v) is 4.83. The fourth-order valence-corrected chi connectivity index (χ4v) is 3.40. The first-order valence-electron chi connectivity index (χ1n) is 8.61. The predicted molar refractivity (Wildman–Crippen MR) is 90.5 cm³/mol. The number of nitrogens with zero attached hydrogens (tertiary/aromatic N) is 1. The van der Waals surface area contributed by atoms with Crippen molar-refractivity contribution in [2.24, 2.45) is 0 Å². The lowest BCUT2D eigenvalue weighted by atomic mass is 10.1. The van der Waals surface area contributed by atoms with Crippen molar-refractivity contribution in [3.05, 3.63) is 35.9 Å². The van der Waals surface area contributed by atoms with Gasteiger partial charge in [0.2, 0.25) is 5.91 Å². The molecule has 24 heavy (non-hydrogen) atoms. The summed E-state index contributed by atoms with van der Waals surface area (Å²) in [6, 6.07) is 8.98. The number of rotatable bonds is 6. The average molecular weight is 331 g/mol. The molecule has 1 aliphatic carbocycles. The minimum Gasteiger partial charge on any atom is -0.394 e. The van der Waals surface area contributed by atoms with E-state index < -0.39 is 12.6 Å². The van der Waals surface area contributed by atoms with Crippen molar-refractivity contribution < 1.29 is 14.7 Å².